The number of nitrogens with one attached hydrogen (secondary N) is 1. The second-order valence-electron chi connectivity index (χ2n) is 6.81. The van der Waals surface area contributed by atoms with E-state index in [4.69, 9.17) is 9.72 Å². The van der Waals surface area contributed by atoms with Gasteiger partial charge >= 0.3 is 0 Å². The normalized spacial score (nSPS) is 20.0. The third-order valence-corrected chi connectivity index (χ3v) is 4.81. The number of morpholine rings is 1. The van der Waals surface area contributed by atoms with E-state index in [0.717, 1.165) is 44.4 Å². The van der Waals surface area contributed by atoms with Crippen LogP contribution in [-0.4, -0.2) is 37.3 Å². The van der Waals surface area contributed by atoms with E-state index in [2.05, 4.69) is 44.8 Å². The summed E-state index contributed by atoms with van der Waals surface area (Å²) in [5, 5.41) is 4.68. The Hall–Kier alpha value is -0.650. The van der Waals surface area contributed by atoms with Crippen LogP contribution in [-0.2, 0) is 16.7 Å². The van der Waals surface area contributed by atoms with Crippen LogP contribution in [0.25, 0.3) is 0 Å². The molecule has 2 rings (SSSR count). The summed E-state index contributed by atoms with van der Waals surface area (Å²) in [5.74, 6) is 0. The fourth-order valence-electron chi connectivity index (χ4n) is 2.56. The van der Waals surface area contributed by atoms with Crippen LogP contribution in [0.1, 0.15) is 51.6 Å². The maximum atomic E-state index is 5.54. The van der Waals surface area contributed by atoms with Crippen molar-refractivity contribution in [2.45, 2.75) is 59.0 Å². The van der Waals surface area contributed by atoms with Gasteiger partial charge in [-0.05, 0) is 19.9 Å². The molecule has 0 radical (unpaired) electrons. The monoisotopic (exact) mass is 311 g/mol. The highest BCUT2D eigenvalue weighted by molar-refractivity contribution is 7.15. The van der Waals surface area contributed by atoms with Crippen molar-refractivity contribution in [1.29, 1.82) is 0 Å². The number of thiazole rings is 1. The Labute approximate surface area is 132 Å². The molecule has 0 aromatic carbocycles. The molecular formula is C16H29N3OS. The molecule has 2 heterocycles. The first-order chi connectivity index (χ1) is 9.93. The molecule has 1 aromatic heterocycles. The maximum absolute atomic E-state index is 5.54. The number of ether oxygens (including phenoxy) is 1. The van der Waals surface area contributed by atoms with Crippen molar-refractivity contribution in [2.75, 3.05) is 31.2 Å². The Kier molecular flexibility index (Phi) is 5.63. The van der Waals surface area contributed by atoms with Crippen LogP contribution in [0.3, 0.4) is 0 Å². The van der Waals surface area contributed by atoms with Crippen molar-refractivity contribution in [3.05, 3.63) is 10.6 Å². The van der Waals surface area contributed by atoms with Crippen molar-refractivity contribution in [3.8, 4) is 0 Å². The van der Waals surface area contributed by atoms with E-state index in [-0.39, 0.29) is 5.41 Å². The zero-order chi connectivity index (χ0) is 15.5. The Morgan fingerprint density at radius 2 is 2.19 bits per heavy atom. The third-order valence-electron chi connectivity index (χ3n) is 3.72. The van der Waals surface area contributed by atoms with Crippen LogP contribution in [0.5, 0.6) is 0 Å². The van der Waals surface area contributed by atoms with E-state index >= 15 is 0 Å². The molecule has 1 saturated heterocycles. The minimum Gasteiger partial charge on any atom is -0.377 e. The highest BCUT2D eigenvalue weighted by Gasteiger charge is 2.27. The van der Waals surface area contributed by atoms with Gasteiger partial charge in [-0.3, -0.25) is 0 Å². The molecule has 1 aromatic rings. The highest BCUT2D eigenvalue weighted by Crippen LogP contribution is 2.35. The Morgan fingerprint density at radius 3 is 2.81 bits per heavy atom. The molecule has 0 aliphatic carbocycles. The predicted molar refractivity (Wildman–Crippen MR) is 90.4 cm³/mol. The highest BCUT2D eigenvalue weighted by atomic mass is 32.1. The summed E-state index contributed by atoms with van der Waals surface area (Å²) in [6.07, 6.45) is 1.16. The Morgan fingerprint density at radius 1 is 1.43 bits per heavy atom. The van der Waals surface area contributed by atoms with Crippen molar-refractivity contribution in [3.63, 3.8) is 0 Å². The van der Waals surface area contributed by atoms with Gasteiger partial charge in [-0.25, -0.2) is 4.98 Å². The van der Waals surface area contributed by atoms with Gasteiger partial charge in [-0.15, -0.1) is 11.3 Å². The fourth-order valence-corrected chi connectivity index (χ4v) is 3.93. The summed E-state index contributed by atoms with van der Waals surface area (Å²) in [6.45, 7) is 15.7. The summed E-state index contributed by atoms with van der Waals surface area (Å²) >= 11 is 1.84. The largest absolute Gasteiger partial charge is 0.377 e. The molecule has 4 nitrogen and oxygen atoms in total. The molecule has 1 fully saturated rings. The van der Waals surface area contributed by atoms with Gasteiger partial charge in [0.25, 0.3) is 0 Å². The molecule has 1 aliphatic rings. The molecule has 1 aliphatic heterocycles. The van der Waals surface area contributed by atoms with Crippen LogP contribution >= 0.6 is 11.3 Å². The third kappa shape index (κ3) is 4.18. The van der Waals surface area contributed by atoms with Crippen LogP contribution < -0.4 is 10.2 Å². The summed E-state index contributed by atoms with van der Waals surface area (Å²) < 4.78 is 5.54. The van der Waals surface area contributed by atoms with Gasteiger partial charge in [0.05, 0.1) is 24.9 Å². The molecule has 0 saturated carbocycles. The SMILES string of the molecule is CCCNCc1sc(N2CCOCC2C)nc1C(C)(C)C. The average Bonchev–Trinajstić information content (AvgIpc) is 2.83. The Balaban J connectivity index is 2.22. The molecule has 1 unspecified atom stereocenters. The molecule has 120 valence electrons. The van der Waals surface area contributed by atoms with E-state index < -0.39 is 0 Å². The van der Waals surface area contributed by atoms with E-state index in [1.165, 1.54) is 10.6 Å². The smallest absolute Gasteiger partial charge is 0.186 e. The first-order valence-electron chi connectivity index (χ1n) is 7.98. The van der Waals surface area contributed by atoms with Crippen molar-refractivity contribution in [2.24, 2.45) is 0 Å². The number of hydrogen-bond acceptors (Lipinski definition) is 5. The lowest BCUT2D eigenvalue weighted by molar-refractivity contribution is 0.0989. The lowest BCUT2D eigenvalue weighted by Crippen LogP contribution is -2.43. The van der Waals surface area contributed by atoms with Gasteiger partial charge < -0.3 is 15.0 Å². The first-order valence-corrected chi connectivity index (χ1v) is 8.80. The standard InChI is InChI=1S/C16H29N3OS/c1-6-7-17-10-13-14(16(3,4)5)18-15(21-13)19-8-9-20-11-12(19)2/h12,17H,6-11H2,1-5H3. The number of rotatable bonds is 5. The minimum absolute atomic E-state index is 0.0908. The maximum Gasteiger partial charge on any atom is 0.186 e. The van der Waals surface area contributed by atoms with Gasteiger partial charge in [-0.2, -0.15) is 0 Å². The molecular weight excluding hydrogens is 282 g/mol. The summed E-state index contributed by atoms with van der Waals surface area (Å²) in [5.41, 5.74) is 1.33. The van der Waals surface area contributed by atoms with Crippen LogP contribution in [0.4, 0.5) is 5.13 Å². The summed E-state index contributed by atoms with van der Waals surface area (Å²) in [6, 6.07) is 0.411. The molecule has 21 heavy (non-hydrogen) atoms. The molecule has 1 N–H and O–H groups in total. The lowest BCUT2D eigenvalue weighted by atomic mass is 9.91. The number of aromatic nitrogens is 1. The molecule has 5 heteroatoms. The van der Waals surface area contributed by atoms with Crippen LogP contribution in [0.15, 0.2) is 0 Å². The summed E-state index contributed by atoms with van der Waals surface area (Å²) in [7, 11) is 0. The van der Waals surface area contributed by atoms with Gasteiger partial charge in [0, 0.05) is 23.4 Å². The van der Waals surface area contributed by atoms with Gasteiger partial charge in [0.2, 0.25) is 0 Å². The number of anilines is 1. The first kappa shape index (κ1) is 16.7. The topological polar surface area (TPSA) is 37.4 Å². The van der Waals surface area contributed by atoms with Crippen LogP contribution in [0.2, 0.25) is 0 Å². The zero-order valence-electron chi connectivity index (χ0n) is 14.0. The second kappa shape index (κ2) is 7.07. The zero-order valence-corrected chi connectivity index (χ0v) is 14.8. The van der Waals surface area contributed by atoms with Gasteiger partial charge in [0.1, 0.15) is 0 Å². The lowest BCUT2D eigenvalue weighted by Gasteiger charge is -2.33. The van der Waals surface area contributed by atoms with Crippen molar-refractivity contribution in [1.82, 2.24) is 10.3 Å². The molecule has 0 bridgehead atoms. The van der Waals surface area contributed by atoms with Crippen molar-refractivity contribution >= 4 is 16.5 Å². The van der Waals surface area contributed by atoms with E-state index in [1.54, 1.807) is 0 Å². The quantitative estimate of drug-likeness (QED) is 0.848. The van der Waals surface area contributed by atoms with Crippen molar-refractivity contribution < 1.29 is 4.74 Å². The molecule has 1 atom stereocenters. The Bertz CT molecular complexity index is 453. The molecule has 0 amide bonds. The van der Waals surface area contributed by atoms with E-state index in [0.29, 0.717) is 6.04 Å². The number of hydrogen-bond donors (Lipinski definition) is 1. The average molecular weight is 311 g/mol. The fraction of sp³-hybridized carbons (Fsp3) is 0.812. The summed E-state index contributed by atoms with van der Waals surface area (Å²) in [4.78, 5) is 8.76. The number of nitrogens with zero attached hydrogens (tertiary/aromatic N) is 2. The second-order valence-corrected chi connectivity index (χ2v) is 7.87. The van der Waals surface area contributed by atoms with E-state index in [9.17, 15) is 0 Å². The van der Waals surface area contributed by atoms with E-state index in [1.807, 2.05) is 11.3 Å². The molecule has 0 spiro atoms. The predicted octanol–water partition coefficient (Wildman–Crippen LogP) is 3.17. The van der Waals surface area contributed by atoms with Crippen LogP contribution in [0, 0.1) is 0 Å². The van der Waals surface area contributed by atoms with Gasteiger partial charge in [-0.1, -0.05) is 27.7 Å². The van der Waals surface area contributed by atoms with Gasteiger partial charge in [0.15, 0.2) is 5.13 Å². The minimum atomic E-state index is 0.0908.